The molecule has 0 radical (unpaired) electrons. The van der Waals surface area contributed by atoms with E-state index in [-0.39, 0.29) is 5.28 Å². The van der Waals surface area contributed by atoms with Crippen LogP contribution in [0.25, 0.3) is 22.2 Å². The van der Waals surface area contributed by atoms with Crippen LogP contribution in [0, 0.1) is 0 Å². The van der Waals surface area contributed by atoms with Gasteiger partial charge in [0.15, 0.2) is 5.82 Å². The van der Waals surface area contributed by atoms with Crippen LogP contribution in [0.3, 0.4) is 0 Å². The Morgan fingerprint density at radius 3 is 2.60 bits per heavy atom. The molecule has 0 saturated heterocycles. The molecular formula is C14H12ClN5. The Morgan fingerprint density at radius 2 is 1.80 bits per heavy atom. The fourth-order valence-corrected chi connectivity index (χ4v) is 2.11. The molecule has 20 heavy (non-hydrogen) atoms. The third-order valence-corrected chi connectivity index (χ3v) is 3.07. The molecule has 3 rings (SSSR count). The summed E-state index contributed by atoms with van der Waals surface area (Å²) in [5.74, 6) is 1.05. The number of hydrogen-bond acceptors (Lipinski definition) is 5. The molecule has 0 spiro atoms. The highest BCUT2D eigenvalue weighted by atomic mass is 35.5. The van der Waals surface area contributed by atoms with Crippen LogP contribution in [0.4, 0.5) is 5.95 Å². The molecule has 0 unspecified atom stereocenters. The molecule has 0 aliphatic carbocycles. The standard InChI is InChI=1S/C14H12ClN5/c1-20(2)14-18-12(17-13(15)19-14)11-8-16-7-9-5-3-4-6-10(9)11/h3-8H,1-2H3. The molecular weight excluding hydrogens is 274 g/mol. The number of fused-ring (bicyclic) bond motifs is 1. The molecule has 6 heteroatoms. The second kappa shape index (κ2) is 5.02. The number of anilines is 1. The molecule has 100 valence electrons. The number of pyridine rings is 1. The van der Waals surface area contributed by atoms with Crippen molar-refractivity contribution in [3.63, 3.8) is 0 Å². The minimum atomic E-state index is 0.173. The van der Waals surface area contributed by atoms with Crippen LogP contribution in [0.5, 0.6) is 0 Å². The fourth-order valence-electron chi connectivity index (χ4n) is 1.95. The van der Waals surface area contributed by atoms with E-state index in [0.717, 1.165) is 16.3 Å². The first kappa shape index (κ1) is 12.7. The highest BCUT2D eigenvalue weighted by Crippen LogP contribution is 2.26. The molecule has 0 N–H and O–H groups in total. The third kappa shape index (κ3) is 2.28. The highest BCUT2D eigenvalue weighted by molar-refractivity contribution is 6.28. The lowest BCUT2D eigenvalue weighted by atomic mass is 10.1. The van der Waals surface area contributed by atoms with Crippen molar-refractivity contribution in [1.29, 1.82) is 0 Å². The minimum absolute atomic E-state index is 0.173. The summed E-state index contributed by atoms with van der Waals surface area (Å²) in [5, 5.41) is 2.24. The molecule has 0 saturated carbocycles. The number of rotatable bonds is 2. The first-order valence-electron chi connectivity index (χ1n) is 6.07. The van der Waals surface area contributed by atoms with E-state index >= 15 is 0 Å². The molecule has 3 aromatic rings. The van der Waals surface area contributed by atoms with Gasteiger partial charge in [-0.1, -0.05) is 24.3 Å². The SMILES string of the molecule is CN(C)c1nc(Cl)nc(-c2cncc3ccccc23)n1. The molecule has 0 aliphatic heterocycles. The van der Waals surface area contributed by atoms with Gasteiger partial charge in [-0.15, -0.1) is 0 Å². The number of benzene rings is 1. The third-order valence-electron chi connectivity index (χ3n) is 2.91. The summed E-state index contributed by atoms with van der Waals surface area (Å²) in [6.07, 6.45) is 3.56. The normalized spacial score (nSPS) is 10.8. The zero-order valence-electron chi connectivity index (χ0n) is 11.1. The van der Waals surface area contributed by atoms with Crippen molar-refractivity contribution in [3.05, 3.63) is 41.9 Å². The van der Waals surface area contributed by atoms with Crippen molar-refractivity contribution in [2.45, 2.75) is 0 Å². The van der Waals surface area contributed by atoms with Gasteiger partial charge in [-0.3, -0.25) is 4.98 Å². The van der Waals surface area contributed by atoms with Gasteiger partial charge in [0.2, 0.25) is 11.2 Å². The second-order valence-corrected chi connectivity index (χ2v) is 4.87. The molecule has 0 aliphatic rings. The van der Waals surface area contributed by atoms with Crippen molar-refractivity contribution in [2.24, 2.45) is 0 Å². The predicted octanol–water partition coefficient (Wildman–Crippen LogP) is 2.81. The lowest BCUT2D eigenvalue weighted by Gasteiger charge is -2.11. The average molecular weight is 286 g/mol. The summed E-state index contributed by atoms with van der Waals surface area (Å²) in [4.78, 5) is 18.8. The average Bonchev–Trinajstić information content (AvgIpc) is 2.46. The highest BCUT2D eigenvalue weighted by Gasteiger charge is 2.11. The van der Waals surface area contributed by atoms with Gasteiger partial charge in [0.1, 0.15) is 0 Å². The van der Waals surface area contributed by atoms with E-state index < -0.39 is 0 Å². The zero-order chi connectivity index (χ0) is 14.1. The van der Waals surface area contributed by atoms with Crippen molar-refractivity contribution in [2.75, 3.05) is 19.0 Å². The quantitative estimate of drug-likeness (QED) is 0.725. The maximum Gasteiger partial charge on any atom is 0.229 e. The van der Waals surface area contributed by atoms with Gasteiger partial charge in [-0.2, -0.15) is 15.0 Å². The van der Waals surface area contributed by atoms with Crippen LogP contribution in [-0.4, -0.2) is 34.0 Å². The molecule has 0 bridgehead atoms. The van der Waals surface area contributed by atoms with Crippen molar-refractivity contribution >= 4 is 28.3 Å². The summed E-state index contributed by atoms with van der Waals surface area (Å²) in [7, 11) is 3.72. The Balaban J connectivity index is 2.25. The molecule has 0 fully saturated rings. The molecule has 2 aromatic heterocycles. The van der Waals surface area contributed by atoms with Crippen LogP contribution in [0.15, 0.2) is 36.7 Å². The van der Waals surface area contributed by atoms with Gasteiger partial charge in [0, 0.05) is 37.4 Å². The Hall–Kier alpha value is -2.27. The van der Waals surface area contributed by atoms with Gasteiger partial charge in [-0.05, 0) is 17.0 Å². The maximum absolute atomic E-state index is 5.99. The molecule has 5 nitrogen and oxygen atoms in total. The van der Waals surface area contributed by atoms with Gasteiger partial charge in [0.05, 0.1) is 0 Å². The van der Waals surface area contributed by atoms with E-state index in [2.05, 4.69) is 19.9 Å². The van der Waals surface area contributed by atoms with Crippen molar-refractivity contribution < 1.29 is 0 Å². The van der Waals surface area contributed by atoms with E-state index in [1.165, 1.54) is 0 Å². The van der Waals surface area contributed by atoms with E-state index in [4.69, 9.17) is 11.6 Å². The van der Waals surface area contributed by atoms with Gasteiger partial charge in [0.25, 0.3) is 0 Å². The monoisotopic (exact) mass is 285 g/mol. The van der Waals surface area contributed by atoms with Crippen molar-refractivity contribution in [1.82, 2.24) is 19.9 Å². The van der Waals surface area contributed by atoms with Gasteiger partial charge in [-0.25, -0.2) is 0 Å². The zero-order valence-corrected chi connectivity index (χ0v) is 11.8. The van der Waals surface area contributed by atoms with Crippen molar-refractivity contribution in [3.8, 4) is 11.4 Å². The first-order valence-corrected chi connectivity index (χ1v) is 6.45. The smallest absolute Gasteiger partial charge is 0.229 e. The first-order chi connectivity index (χ1) is 9.65. The Bertz CT molecular complexity index is 767. The Kier molecular flexibility index (Phi) is 3.20. The van der Waals surface area contributed by atoms with Crippen LogP contribution in [0.2, 0.25) is 5.28 Å². The molecule has 1 aromatic carbocycles. The summed E-state index contributed by atoms with van der Waals surface area (Å²) < 4.78 is 0. The number of halogens is 1. The maximum atomic E-state index is 5.99. The fraction of sp³-hybridized carbons (Fsp3) is 0.143. The second-order valence-electron chi connectivity index (χ2n) is 4.53. The van der Waals surface area contributed by atoms with Crippen LogP contribution < -0.4 is 4.90 Å². The summed E-state index contributed by atoms with van der Waals surface area (Å²) in [5.41, 5.74) is 0.843. The molecule has 0 amide bonds. The summed E-state index contributed by atoms with van der Waals surface area (Å²) in [6, 6.07) is 7.96. The number of nitrogens with zero attached hydrogens (tertiary/aromatic N) is 5. The lowest BCUT2D eigenvalue weighted by molar-refractivity contribution is 0.962. The summed E-state index contributed by atoms with van der Waals surface area (Å²) >= 11 is 5.99. The van der Waals surface area contributed by atoms with E-state index in [9.17, 15) is 0 Å². The summed E-state index contributed by atoms with van der Waals surface area (Å²) in [6.45, 7) is 0. The minimum Gasteiger partial charge on any atom is -0.347 e. The topological polar surface area (TPSA) is 54.8 Å². The largest absolute Gasteiger partial charge is 0.347 e. The van der Waals surface area contributed by atoms with E-state index in [0.29, 0.717) is 11.8 Å². The number of aromatic nitrogens is 4. The van der Waals surface area contributed by atoms with E-state index in [1.807, 2.05) is 44.6 Å². The molecule has 0 atom stereocenters. The Labute approximate surface area is 121 Å². The lowest BCUT2D eigenvalue weighted by Crippen LogP contribution is -2.14. The molecule has 2 heterocycles. The van der Waals surface area contributed by atoms with Gasteiger partial charge >= 0.3 is 0 Å². The Morgan fingerprint density at radius 1 is 1.00 bits per heavy atom. The van der Waals surface area contributed by atoms with Crippen LogP contribution in [-0.2, 0) is 0 Å². The predicted molar refractivity (Wildman–Crippen MR) is 79.9 cm³/mol. The van der Waals surface area contributed by atoms with E-state index in [1.54, 1.807) is 11.1 Å². The van der Waals surface area contributed by atoms with Crippen LogP contribution in [0.1, 0.15) is 0 Å². The van der Waals surface area contributed by atoms with Gasteiger partial charge < -0.3 is 4.90 Å². The van der Waals surface area contributed by atoms with Crippen LogP contribution >= 0.6 is 11.6 Å². The number of hydrogen-bond donors (Lipinski definition) is 0.